The van der Waals surface area contributed by atoms with Crippen LogP contribution in [0.3, 0.4) is 0 Å². The summed E-state index contributed by atoms with van der Waals surface area (Å²) in [7, 11) is 0. The molecule has 5 nitrogen and oxygen atoms in total. The van der Waals surface area contributed by atoms with Gasteiger partial charge in [0.2, 0.25) is 5.91 Å². The van der Waals surface area contributed by atoms with Crippen LogP contribution in [0.2, 0.25) is 0 Å². The predicted octanol–water partition coefficient (Wildman–Crippen LogP) is 2.30. The number of anilines is 1. The third-order valence-electron chi connectivity index (χ3n) is 3.01. The second kappa shape index (κ2) is 7.26. The molecule has 0 spiro atoms. The summed E-state index contributed by atoms with van der Waals surface area (Å²) in [6.07, 6.45) is 0.106. The molecule has 3 N–H and O–H groups in total. The molecule has 2 aromatic carbocycles. The predicted molar refractivity (Wildman–Crippen MR) is 84.6 cm³/mol. The Morgan fingerprint density at radius 1 is 1.14 bits per heavy atom. The Morgan fingerprint density at radius 3 is 2.55 bits per heavy atom. The normalized spacial score (nSPS) is 10.0. The first kappa shape index (κ1) is 15.6. The standard InChI is InChI=1S/C17H18N2O3/c1-12-3-2-4-15(11-12)22-10-9-16(20)19-17(21)13-5-7-14(18)8-6-13/h2-8,11H,9-10,18H2,1H3,(H,19,20,21). The molecule has 114 valence electrons. The second-order valence-electron chi connectivity index (χ2n) is 4.91. The van der Waals surface area contributed by atoms with Crippen LogP contribution < -0.4 is 15.8 Å². The highest BCUT2D eigenvalue weighted by atomic mass is 16.5. The van der Waals surface area contributed by atoms with Crippen LogP contribution in [0.1, 0.15) is 22.3 Å². The molecule has 0 radical (unpaired) electrons. The van der Waals surface area contributed by atoms with E-state index in [-0.39, 0.29) is 18.9 Å². The molecule has 0 unspecified atom stereocenters. The molecule has 0 heterocycles. The number of ether oxygens (including phenoxy) is 1. The molecule has 0 atom stereocenters. The lowest BCUT2D eigenvalue weighted by Crippen LogP contribution is -2.31. The SMILES string of the molecule is Cc1cccc(OCCC(=O)NC(=O)c2ccc(N)cc2)c1. The summed E-state index contributed by atoms with van der Waals surface area (Å²) < 4.78 is 5.47. The smallest absolute Gasteiger partial charge is 0.257 e. The van der Waals surface area contributed by atoms with E-state index in [1.165, 1.54) is 0 Å². The van der Waals surface area contributed by atoms with E-state index in [4.69, 9.17) is 10.5 Å². The van der Waals surface area contributed by atoms with Crippen LogP contribution in [0.4, 0.5) is 5.69 Å². The molecule has 0 saturated heterocycles. The van der Waals surface area contributed by atoms with Gasteiger partial charge in [0.15, 0.2) is 0 Å². The molecule has 0 fully saturated rings. The van der Waals surface area contributed by atoms with Crippen molar-refractivity contribution in [1.29, 1.82) is 0 Å². The largest absolute Gasteiger partial charge is 0.493 e. The summed E-state index contributed by atoms with van der Waals surface area (Å²) in [6, 6.07) is 13.9. The zero-order chi connectivity index (χ0) is 15.9. The lowest BCUT2D eigenvalue weighted by Gasteiger charge is -2.07. The molecule has 0 aliphatic carbocycles. The van der Waals surface area contributed by atoms with Crippen LogP contribution in [0.15, 0.2) is 48.5 Å². The van der Waals surface area contributed by atoms with E-state index in [1.807, 2.05) is 31.2 Å². The van der Waals surface area contributed by atoms with Crippen molar-refractivity contribution in [2.24, 2.45) is 0 Å². The Labute approximate surface area is 129 Å². The molecule has 0 aliphatic rings. The Balaban J connectivity index is 1.78. The highest BCUT2D eigenvalue weighted by Crippen LogP contribution is 2.12. The van der Waals surface area contributed by atoms with Gasteiger partial charge >= 0.3 is 0 Å². The highest BCUT2D eigenvalue weighted by Gasteiger charge is 2.10. The van der Waals surface area contributed by atoms with Gasteiger partial charge in [-0.3, -0.25) is 14.9 Å². The Bertz CT molecular complexity index is 666. The maximum Gasteiger partial charge on any atom is 0.257 e. The van der Waals surface area contributed by atoms with Crippen molar-refractivity contribution in [2.75, 3.05) is 12.3 Å². The minimum absolute atomic E-state index is 0.106. The van der Waals surface area contributed by atoms with Gasteiger partial charge in [0.05, 0.1) is 13.0 Å². The molecule has 0 saturated carbocycles. The molecular weight excluding hydrogens is 280 g/mol. The number of imide groups is 1. The second-order valence-corrected chi connectivity index (χ2v) is 4.91. The summed E-state index contributed by atoms with van der Waals surface area (Å²) in [4.78, 5) is 23.5. The van der Waals surface area contributed by atoms with Crippen LogP contribution in [-0.2, 0) is 4.79 Å². The first-order valence-corrected chi connectivity index (χ1v) is 6.94. The Kier molecular flexibility index (Phi) is 5.14. The molecule has 0 aliphatic heterocycles. The number of hydrogen-bond acceptors (Lipinski definition) is 4. The van der Waals surface area contributed by atoms with E-state index >= 15 is 0 Å². The maximum absolute atomic E-state index is 11.8. The zero-order valence-corrected chi connectivity index (χ0v) is 12.3. The third-order valence-corrected chi connectivity index (χ3v) is 3.01. The number of carbonyl (C=O) groups is 2. The van der Waals surface area contributed by atoms with Crippen molar-refractivity contribution in [3.8, 4) is 5.75 Å². The fraction of sp³-hybridized carbons (Fsp3) is 0.176. The fourth-order valence-electron chi connectivity index (χ4n) is 1.86. The minimum Gasteiger partial charge on any atom is -0.493 e. The average molecular weight is 298 g/mol. The van der Waals surface area contributed by atoms with Crippen LogP contribution in [-0.4, -0.2) is 18.4 Å². The van der Waals surface area contributed by atoms with Crippen LogP contribution >= 0.6 is 0 Å². The monoisotopic (exact) mass is 298 g/mol. The number of aryl methyl sites for hydroxylation is 1. The van der Waals surface area contributed by atoms with Crippen molar-refractivity contribution in [3.63, 3.8) is 0 Å². The van der Waals surface area contributed by atoms with E-state index in [2.05, 4.69) is 5.32 Å². The van der Waals surface area contributed by atoms with E-state index in [9.17, 15) is 9.59 Å². The first-order valence-electron chi connectivity index (χ1n) is 6.94. The number of carbonyl (C=O) groups excluding carboxylic acids is 2. The average Bonchev–Trinajstić information content (AvgIpc) is 2.48. The third kappa shape index (κ3) is 4.63. The minimum atomic E-state index is -0.444. The van der Waals surface area contributed by atoms with Crippen LogP contribution in [0, 0.1) is 6.92 Å². The van der Waals surface area contributed by atoms with Crippen molar-refractivity contribution < 1.29 is 14.3 Å². The maximum atomic E-state index is 11.8. The molecule has 2 aromatic rings. The summed E-state index contributed by atoms with van der Waals surface area (Å²) >= 11 is 0. The first-order chi connectivity index (χ1) is 10.5. The number of hydrogen-bond donors (Lipinski definition) is 2. The zero-order valence-electron chi connectivity index (χ0n) is 12.3. The van der Waals surface area contributed by atoms with Gasteiger partial charge in [-0.05, 0) is 48.9 Å². The van der Waals surface area contributed by atoms with Crippen molar-refractivity contribution in [3.05, 3.63) is 59.7 Å². The van der Waals surface area contributed by atoms with Gasteiger partial charge in [0.25, 0.3) is 5.91 Å². The molecule has 0 aromatic heterocycles. The molecular formula is C17H18N2O3. The van der Waals surface area contributed by atoms with Crippen LogP contribution in [0.25, 0.3) is 0 Å². The fourth-order valence-corrected chi connectivity index (χ4v) is 1.86. The van der Waals surface area contributed by atoms with Gasteiger partial charge in [-0.1, -0.05) is 12.1 Å². The van der Waals surface area contributed by atoms with E-state index in [0.29, 0.717) is 17.0 Å². The van der Waals surface area contributed by atoms with Gasteiger partial charge in [-0.2, -0.15) is 0 Å². The van der Waals surface area contributed by atoms with E-state index in [1.54, 1.807) is 24.3 Å². The quantitative estimate of drug-likeness (QED) is 0.830. The molecule has 2 amide bonds. The number of benzene rings is 2. The van der Waals surface area contributed by atoms with Crippen molar-refractivity contribution in [2.45, 2.75) is 13.3 Å². The number of rotatable bonds is 5. The van der Waals surface area contributed by atoms with Gasteiger partial charge in [0, 0.05) is 11.3 Å². The summed E-state index contributed by atoms with van der Waals surface area (Å²) in [5, 5.41) is 2.31. The number of nitrogens with two attached hydrogens (primary N) is 1. The summed E-state index contributed by atoms with van der Waals surface area (Å²) in [5.41, 5.74) is 7.58. The van der Waals surface area contributed by atoms with Crippen LogP contribution in [0.5, 0.6) is 5.75 Å². The number of nitrogen functional groups attached to an aromatic ring is 1. The lowest BCUT2D eigenvalue weighted by atomic mass is 10.2. The number of nitrogens with one attached hydrogen (secondary N) is 1. The molecule has 5 heteroatoms. The highest BCUT2D eigenvalue weighted by molar-refractivity contribution is 6.04. The van der Waals surface area contributed by atoms with Crippen molar-refractivity contribution >= 4 is 17.5 Å². The van der Waals surface area contributed by atoms with E-state index < -0.39 is 5.91 Å². The summed E-state index contributed by atoms with van der Waals surface area (Å²) in [5.74, 6) is -0.118. The molecule has 2 rings (SSSR count). The topological polar surface area (TPSA) is 81.4 Å². The number of amides is 2. The van der Waals surface area contributed by atoms with Gasteiger partial charge < -0.3 is 10.5 Å². The van der Waals surface area contributed by atoms with Gasteiger partial charge in [-0.25, -0.2) is 0 Å². The molecule has 0 bridgehead atoms. The summed E-state index contributed by atoms with van der Waals surface area (Å²) in [6.45, 7) is 2.18. The lowest BCUT2D eigenvalue weighted by molar-refractivity contribution is -0.120. The molecule has 22 heavy (non-hydrogen) atoms. The van der Waals surface area contributed by atoms with E-state index in [0.717, 1.165) is 5.56 Å². The van der Waals surface area contributed by atoms with Gasteiger partial charge in [0.1, 0.15) is 5.75 Å². The van der Waals surface area contributed by atoms with Crippen molar-refractivity contribution in [1.82, 2.24) is 5.32 Å². The van der Waals surface area contributed by atoms with Gasteiger partial charge in [-0.15, -0.1) is 0 Å². The Morgan fingerprint density at radius 2 is 1.86 bits per heavy atom. The Hall–Kier alpha value is -2.82.